The first-order chi connectivity index (χ1) is 13.0. The molecule has 3 aromatic rings. The van der Waals surface area contributed by atoms with Crippen molar-refractivity contribution in [1.29, 1.82) is 0 Å². The maximum Gasteiger partial charge on any atom is 0.255 e. The number of hydrogen-bond acceptors (Lipinski definition) is 4. The molecule has 2 N–H and O–H groups in total. The summed E-state index contributed by atoms with van der Waals surface area (Å²) in [6.45, 7) is 2.52. The van der Waals surface area contributed by atoms with Crippen molar-refractivity contribution in [2.75, 3.05) is 17.2 Å². The second-order valence-electron chi connectivity index (χ2n) is 5.60. The van der Waals surface area contributed by atoms with Crippen LogP contribution >= 0.6 is 0 Å². The zero-order chi connectivity index (χ0) is 19.2. The number of rotatable bonds is 6. The average Bonchev–Trinajstić information content (AvgIpc) is 2.67. The van der Waals surface area contributed by atoms with E-state index >= 15 is 0 Å². The molecule has 0 unspecified atom stereocenters. The van der Waals surface area contributed by atoms with Crippen LogP contribution in [0.15, 0.2) is 60.8 Å². The summed E-state index contributed by atoms with van der Waals surface area (Å²) in [5, 5.41) is 5.71. The molecule has 2 aromatic carbocycles. The van der Waals surface area contributed by atoms with E-state index in [4.69, 9.17) is 4.74 Å². The van der Waals surface area contributed by atoms with Gasteiger partial charge in [-0.15, -0.1) is 0 Å². The van der Waals surface area contributed by atoms with Gasteiger partial charge in [-0.1, -0.05) is 0 Å². The molecule has 0 fully saturated rings. The summed E-state index contributed by atoms with van der Waals surface area (Å²) in [5.41, 5.74) is 1.29. The standard InChI is InChI=1S/C20H17F2N3O2/c1-2-27-16-7-4-14(5-8-16)24-19-10-6-15(12-23-19)25-20(26)13-3-9-17(21)18(22)11-13/h3-12H,2H2,1H3,(H,23,24)(H,25,26). The molecule has 27 heavy (non-hydrogen) atoms. The van der Waals surface area contributed by atoms with E-state index in [0.29, 0.717) is 18.1 Å². The SMILES string of the molecule is CCOc1ccc(Nc2ccc(NC(=O)c3ccc(F)c(F)c3)cn2)cc1. The molecule has 5 nitrogen and oxygen atoms in total. The van der Waals surface area contributed by atoms with Crippen molar-refractivity contribution in [3.05, 3.63) is 78.0 Å². The van der Waals surface area contributed by atoms with E-state index in [2.05, 4.69) is 15.6 Å². The molecule has 1 amide bonds. The number of pyridine rings is 1. The lowest BCUT2D eigenvalue weighted by atomic mass is 10.2. The average molecular weight is 369 g/mol. The lowest BCUT2D eigenvalue weighted by molar-refractivity contribution is 0.102. The quantitative estimate of drug-likeness (QED) is 0.658. The number of halogens is 2. The Labute approximate surface area is 155 Å². The van der Waals surface area contributed by atoms with Gasteiger partial charge >= 0.3 is 0 Å². The van der Waals surface area contributed by atoms with E-state index in [9.17, 15) is 13.6 Å². The van der Waals surface area contributed by atoms with E-state index in [0.717, 1.165) is 23.6 Å². The number of benzene rings is 2. The molecule has 0 aliphatic rings. The Hall–Kier alpha value is -3.48. The van der Waals surface area contributed by atoms with Gasteiger partial charge in [0.25, 0.3) is 5.91 Å². The van der Waals surface area contributed by atoms with Gasteiger partial charge in [-0.2, -0.15) is 0 Å². The first kappa shape index (κ1) is 18.3. The third kappa shape index (κ3) is 4.78. The number of nitrogens with one attached hydrogen (secondary N) is 2. The topological polar surface area (TPSA) is 63.2 Å². The number of amides is 1. The molecule has 7 heteroatoms. The van der Waals surface area contributed by atoms with Gasteiger partial charge in [0, 0.05) is 11.3 Å². The first-order valence-corrected chi connectivity index (χ1v) is 8.27. The lowest BCUT2D eigenvalue weighted by Crippen LogP contribution is -2.12. The highest BCUT2D eigenvalue weighted by atomic mass is 19.2. The highest BCUT2D eigenvalue weighted by Gasteiger charge is 2.10. The molecule has 0 saturated heterocycles. The molecular formula is C20H17F2N3O2. The van der Waals surface area contributed by atoms with E-state index in [1.807, 2.05) is 31.2 Å². The van der Waals surface area contributed by atoms with Gasteiger partial charge in [-0.25, -0.2) is 13.8 Å². The van der Waals surface area contributed by atoms with E-state index in [1.165, 1.54) is 12.3 Å². The number of anilines is 3. The molecule has 1 aromatic heterocycles. The molecule has 3 rings (SSSR count). The Morgan fingerprint density at radius 2 is 1.74 bits per heavy atom. The zero-order valence-corrected chi connectivity index (χ0v) is 14.5. The molecule has 1 heterocycles. The predicted octanol–water partition coefficient (Wildman–Crippen LogP) is 4.75. The third-order valence-electron chi connectivity index (χ3n) is 3.64. The number of nitrogens with zero attached hydrogens (tertiary/aromatic N) is 1. The molecule has 0 saturated carbocycles. The Morgan fingerprint density at radius 1 is 1.00 bits per heavy atom. The Balaban J connectivity index is 1.62. The van der Waals surface area contributed by atoms with Crippen molar-refractivity contribution in [2.24, 2.45) is 0 Å². The Bertz CT molecular complexity index is 929. The van der Waals surface area contributed by atoms with Gasteiger partial charge in [0.05, 0.1) is 18.5 Å². The van der Waals surface area contributed by atoms with Crippen LogP contribution in [-0.2, 0) is 0 Å². The van der Waals surface area contributed by atoms with Crippen molar-refractivity contribution in [1.82, 2.24) is 4.98 Å². The maximum absolute atomic E-state index is 13.2. The van der Waals surface area contributed by atoms with Gasteiger partial charge in [-0.3, -0.25) is 4.79 Å². The minimum absolute atomic E-state index is 0.0190. The second kappa shape index (κ2) is 8.27. The van der Waals surface area contributed by atoms with Crippen LogP contribution in [0.25, 0.3) is 0 Å². The monoisotopic (exact) mass is 369 g/mol. The zero-order valence-electron chi connectivity index (χ0n) is 14.5. The fourth-order valence-electron chi connectivity index (χ4n) is 2.33. The minimum atomic E-state index is -1.07. The van der Waals surface area contributed by atoms with Crippen molar-refractivity contribution >= 4 is 23.1 Å². The predicted molar refractivity (Wildman–Crippen MR) is 99.4 cm³/mol. The van der Waals surface area contributed by atoms with Crippen molar-refractivity contribution < 1.29 is 18.3 Å². The lowest BCUT2D eigenvalue weighted by Gasteiger charge is -2.09. The van der Waals surface area contributed by atoms with E-state index in [-0.39, 0.29) is 5.56 Å². The fourth-order valence-corrected chi connectivity index (χ4v) is 2.33. The summed E-state index contributed by atoms with van der Waals surface area (Å²) in [7, 11) is 0. The summed E-state index contributed by atoms with van der Waals surface area (Å²) in [5.74, 6) is -1.26. The van der Waals surface area contributed by atoms with Gasteiger partial charge in [-0.05, 0) is 61.5 Å². The number of carbonyl (C=O) groups is 1. The molecule has 138 valence electrons. The van der Waals surface area contributed by atoms with Crippen molar-refractivity contribution in [3.63, 3.8) is 0 Å². The van der Waals surface area contributed by atoms with Crippen LogP contribution < -0.4 is 15.4 Å². The molecular weight excluding hydrogens is 352 g/mol. The molecule has 0 aliphatic carbocycles. The van der Waals surface area contributed by atoms with Crippen LogP contribution in [0.5, 0.6) is 5.75 Å². The molecule has 0 bridgehead atoms. The number of carbonyl (C=O) groups excluding carboxylic acids is 1. The van der Waals surface area contributed by atoms with Crippen LogP contribution in [0.1, 0.15) is 17.3 Å². The van der Waals surface area contributed by atoms with Gasteiger partial charge in [0.1, 0.15) is 11.6 Å². The number of aromatic nitrogens is 1. The van der Waals surface area contributed by atoms with Crippen LogP contribution in [0.3, 0.4) is 0 Å². The normalized spacial score (nSPS) is 10.3. The van der Waals surface area contributed by atoms with Crippen molar-refractivity contribution in [3.8, 4) is 5.75 Å². The highest BCUT2D eigenvalue weighted by molar-refractivity contribution is 6.04. The third-order valence-corrected chi connectivity index (χ3v) is 3.64. The number of ether oxygens (including phenoxy) is 1. The van der Waals surface area contributed by atoms with Gasteiger partial charge < -0.3 is 15.4 Å². The van der Waals surface area contributed by atoms with Gasteiger partial charge in [0.2, 0.25) is 0 Å². The second-order valence-corrected chi connectivity index (χ2v) is 5.60. The summed E-state index contributed by atoms with van der Waals surface area (Å²) < 4.78 is 31.6. The molecule has 0 radical (unpaired) electrons. The number of hydrogen-bond donors (Lipinski definition) is 2. The van der Waals surface area contributed by atoms with Crippen LogP contribution in [0.2, 0.25) is 0 Å². The Morgan fingerprint density at radius 3 is 2.37 bits per heavy atom. The first-order valence-electron chi connectivity index (χ1n) is 8.27. The highest BCUT2D eigenvalue weighted by Crippen LogP contribution is 2.20. The van der Waals surface area contributed by atoms with Gasteiger partial charge in [0.15, 0.2) is 11.6 Å². The van der Waals surface area contributed by atoms with E-state index in [1.54, 1.807) is 12.1 Å². The summed E-state index contributed by atoms with van der Waals surface area (Å²) in [6.07, 6.45) is 1.47. The summed E-state index contributed by atoms with van der Waals surface area (Å²) in [6, 6.07) is 13.7. The van der Waals surface area contributed by atoms with Crippen LogP contribution in [0.4, 0.5) is 26.0 Å². The van der Waals surface area contributed by atoms with Crippen LogP contribution in [0, 0.1) is 11.6 Å². The summed E-state index contributed by atoms with van der Waals surface area (Å²) in [4.78, 5) is 16.3. The van der Waals surface area contributed by atoms with Crippen LogP contribution in [-0.4, -0.2) is 17.5 Å². The maximum atomic E-state index is 13.2. The van der Waals surface area contributed by atoms with Crippen molar-refractivity contribution in [2.45, 2.75) is 6.92 Å². The fraction of sp³-hybridized carbons (Fsp3) is 0.100. The molecule has 0 spiro atoms. The minimum Gasteiger partial charge on any atom is -0.494 e. The summed E-state index contributed by atoms with van der Waals surface area (Å²) >= 11 is 0. The molecule has 0 aliphatic heterocycles. The smallest absolute Gasteiger partial charge is 0.255 e. The van der Waals surface area contributed by atoms with E-state index < -0.39 is 17.5 Å². The largest absolute Gasteiger partial charge is 0.494 e. The molecule has 0 atom stereocenters. The Kier molecular flexibility index (Phi) is 5.61.